The fraction of sp³-hybridized carbons (Fsp3) is 0.409. The molecule has 2 aliphatic heterocycles. The van der Waals surface area contributed by atoms with Gasteiger partial charge in [-0.1, -0.05) is 23.7 Å². The van der Waals surface area contributed by atoms with Crippen molar-refractivity contribution >= 4 is 50.3 Å². The highest BCUT2D eigenvalue weighted by Crippen LogP contribution is 2.24. The van der Waals surface area contributed by atoms with Crippen molar-refractivity contribution in [2.24, 2.45) is 0 Å². The van der Waals surface area contributed by atoms with Crippen LogP contribution < -0.4 is 4.72 Å². The van der Waals surface area contributed by atoms with E-state index in [1.807, 2.05) is 0 Å². The molecule has 2 atom stereocenters. The first-order chi connectivity index (χ1) is 16.1. The number of likely N-dealkylation sites (tertiary alicyclic amines) is 1. The molecule has 0 saturated carbocycles. The lowest BCUT2D eigenvalue weighted by Gasteiger charge is -2.36. The Morgan fingerprint density at radius 1 is 1.03 bits per heavy atom. The molecule has 2 unspecified atom stereocenters. The highest BCUT2D eigenvalue weighted by molar-refractivity contribution is 7.89. The summed E-state index contributed by atoms with van der Waals surface area (Å²) in [7, 11) is -3.97. The van der Waals surface area contributed by atoms with Crippen molar-refractivity contribution < 1.29 is 27.9 Å². The van der Waals surface area contributed by atoms with Gasteiger partial charge in [0.05, 0.1) is 4.90 Å². The number of sulfonamides is 1. The average Bonchev–Trinajstić information content (AvgIpc) is 3.17. The van der Waals surface area contributed by atoms with Gasteiger partial charge < -0.3 is 19.8 Å². The maximum Gasteiger partial charge on any atom is 0.407 e. The summed E-state index contributed by atoms with van der Waals surface area (Å²) in [6.45, 7) is 2.77. The van der Waals surface area contributed by atoms with E-state index in [1.54, 1.807) is 31.2 Å². The van der Waals surface area contributed by atoms with Crippen molar-refractivity contribution in [2.75, 3.05) is 32.7 Å². The number of carboxylic acid groups (broad SMARTS) is 1. The molecule has 10 nitrogen and oxygen atoms in total. The van der Waals surface area contributed by atoms with Gasteiger partial charge in [0.25, 0.3) is 0 Å². The van der Waals surface area contributed by atoms with Crippen LogP contribution in [0.1, 0.15) is 13.3 Å². The normalized spacial score (nSPS) is 20.1. The van der Waals surface area contributed by atoms with E-state index in [0.717, 1.165) is 5.39 Å². The predicted molar refractivity (Wildman–Crippen MR) is 125 cm³/mol. The van der Waals surface area contributed by atoms with Gasteiger partial charge in [0.2, 0.25) is 21.8 Å². The van der Waals surface area contributed by atoms with Crippen LogP contribution in [0.4, 0.5) is 4.79 Å². The Hall–Kier alpha value is -2.89. The largest absolute Gasteiger partial charge is 0.465 e. The van der Waals surface area contributed by atoms with Crippen molar-refractivity contribution in [3.8, 4) is 0 Å². The van der Waals surface area contributed by atoms with E-state index in [4.69, 9.17) is 16.7 Å². The molecule has 2 fully saturated rings. The van der Waals surface area contributed by atoms with Crippen LogP contribution in [0.15, 0.2) is 41.3 Å². The van der Waals surface area contributed by atoms with Gasteiger partial charge in [0.1, 0.15) is 12.1 Å². The number of hydrogen-bond donors (Lipinski definition) is 2. The second-order valence-corrected chi connectivity index (χ2v) is 10.6. The molecular weight excluding hydrogens is 484 g/mol. The molecule has 12 heteroatoms. The van der Waals surface area contributed by atoms with E-state index in [0.29, 0.717) is 10.4 Å². The molecule has 2 aromatic rings. The number of nitrogens with zero attached hydrogens (tertiary/aromatic N) is 3. The maximum absolute atomic E-state index is 13.0. The Morgan fingerprint density at radius 3 is 2.32 bits per heavy atom. The average molecular weight is 509 g/mol. The predicted octanol–water partition coefficient (Wildman–Crippen LogP) is 1.58. The molecule has 2 aromatic carbocycles. The monoisotopic (exact) mass is 508 g/mol. The third kappa shape index (κ3) is 4.82. The van der Waals surface area contributed by atoms with Crippen LogP contribution in [0.5, 0.6) is 0 Å². The minimum atomic E-state index is -3.97. The van der Waals surface area contributed by atoms with Crippen LogP contribution in [-0.4, -0.2) is 90.9 Å². The van der Waals surface area contributed by atoms with E-state index in [2.05, 4.69) is 4.72 Å². The first kappa shape index (κ1) is 24.2. The maximum atomic E-state index is 13.0. The Balaban J connectivity index is 1.41. The molecular formula is C22H25ClN4O6S. The molecule has 3 amide bonds. The summed E-state index contributed by atoms with van der Waals surface area (Å²) in [5.74, 6) is -0.740. The number of nitrogens with one attached hydrogen (secondary N) is 1. The highest BCUT2D eigenvalue weighted by atomic mass is 35.5. The Kier molecular flexibility index (Phi) is 6.70. The van der Waals surface area contributed by atoms with Gasteiger partial charge in [-0.25, -0.2) is 13.2 Å². The van der Waals surface area contributed by atoms with Crippen molar-refractivity contribution in [2.45, 2.75) is 30.3 Å². The highest BCUT2D eigenvalue weighted by Gasteiger charge is 2.40. The molecule has 0 aromatic heterocycles. The van der Waals surface area contributed by atoms with Crippen LogP contribution in [-0.2, 0) is 19.6 Å². The summed E-state index contributed by atoms with van der Waals surface area (Å²) in [4.78, 5) is 41.1. The first-order valence-corrected chi connectivity index (χ1v) is 12.7. The van der Waals surface area contributed by atoms with Crippen LogP contribution in [0.2, 0.25) is 5.02 Å². The summed E-state index contributed by atoms with van der Waals surface area (Å²) in [5, 5.41) is 11.1. The first-order valence-electron chi connectivity index (χ1n) is 10.9. The molecule has 2 saturated heterocycles. The Morgan fingerprint density at radius 2 is 1.65 bits per heavy atom. The van der Waals surface area contributed by atoms with Crippen LogP contribution in [0, 0.1) is 0 Å². The number of carbonyl (C=O) groups excluding carboxylic acids is 2. The molecule has 4 rings (SSSR count). The second kappa shape index (κ2) is 9.40. The molecule has 2 heterocycles. The lowest BCUT2D eigenvalue weighted by molar-refractivity contribution is -0.144. The van der Waals surface area contributed by atoms with E-state index < -0.39 is 34.1 Å². The summed E-state index contributed by atoms with van der Waals surface area (Å²) < 4.78 is 28.4. The molecule has 0 spiro atoms. The second-order valence-electron chi connectivity index (χ2n) is 8.42. The van der Waals surface area contributed by atoms with Gasteiger partial charge in [-0.2, -0.15) is 4.72 Å². The Labute approximate surface area is 202 Å². The fourth-order valence-electron chi connectivity index (χ4n) is 4.33. The van der Waals surface area contributed by atoms with Crippen molar-refractivity contribution in [3.05, 3.63) is 41.4 Å². The minimum absolute atomic E-state index is 0.0361. The van der Waals surface area contributed by atoms with E-state index >= 15 is 0 Å². The molecule has 2 aliphatic rings. The quantitative estimate of drug-likeness (QED) is 0.631. The van der Waals surface area contributed by atoms with Gasteiger partial charge in [-0.15, -0.1) is 0 Å². The molecule has 0 radical (unpaired) electrons. The van der Waals surface area contributed by atoms with Crippen molar-refractivity contribution in [1.29, 1.82) is 0 Å². The third-order valence-electron chi connectivity index (χ3n) is 6.31. The van der Waals surface area contributed by atoms with Crippen LogP contribution in [0.3, 0.4) is 0 Å². The number of benzene rings is 2. The van der Waals surface area contributed by atoms with Gasteiger partial charge in [-0.05, 0) is 48.4 Å². The molecule has 34 heavy (non-hydrogen) atoms. The molecule has 0 aliphatic carbocycles. The van der Waals surface area contributed by atoms with Crippen molar-refractivity contribution in [1.82, 2.24) is 19.4 Å². The number of piperazine rings is 1. The fourth-order valence-corrected chi connectivity index (χ4v) is 5.77. The SMILES string of the molecule is CC(C(=O)N1CCN(C(=O)O)CC1)N1CCC(NS(=O)(=O)c2ccc3cc(Cl)ccc3c2)C1=O. The van der Waals surface area contributed by atoms with Crippen LogP contribution in [0.25, 0.3) is 10.8 Å². The summed E-state index contributed by atoms with van der Waals surface area (Å²) >= 11 is 5.98. The lowest BCUT2D eigenvalue weighted by atomic mass is 10.1. The zero-order valence-corrected chi connectivity index (χ0v) is 20.1. The Bertz CT molecular complexity index is 1250. The molecule has 182 valence electrons. The summed E-state index contributed by atoms with van der Waals surface area (Å²) in [6, 6.07) is 8.03. The number of halogens is 1. The van der Waals surface area contributed by atoms with Crippen molar-refractivity contribution in [3.63, 3.8) is 0 Å². The topological polar surface area (TPSA) is 127 Å². The minimum Gasteiger partial charge on any atom is -0.465 e. The standard InChI is InChI=1S/C22H25ClN4O6S/c1-14(20(28)25-8-10-26(11-9-25)22(30)31)27-7-6-19(21(27)29)24-34(32,33)18-5-3-15-12-17(23)4-2-16(15)13-18/h2-5,12-14,19,24H,6-11H2,1H3,(H,30,31). The number of hydrogen-bond acceptors (Lipinski definition) is 5. The van der Waals surface area contributed by atoms with E-state index in [-0.39, 0.29) is 49.9 Å². The summed E-state index contributed by atoms with van der Waals surface area (Å²) in [5.41, 5.74) is 0. The van der Waals surface area contributed by atoms with Gasteiger partial charge in [-0.3, -0.25) is 9.59 Å². The molecule has 2 N–H and O–H groups in total. The number of carbonyl (C=O) groups is 3. The van der Waals surface area contributed by atoms with E-state index in [9.17, 15) is 22.8 Å². The smallest absolute Gasteiger partial charge is 0.407 e. The van der Waals surface area contributed by atoms with Gasteiger partial charge in [0, 0.05) is 37.7 Å². The van der Waals surface area contributed by atoms with Gasteiger partial charge >= 0.3 is 6.09 Å². The summed E-state index contributed by atoms with van der Waals surface area (Å²) in [6.07, 6.45) is -0.786. The zero-order valence-electron chi connectivity index (χ0n) is 18.5. The molecule has 0 bridgehead atoms. The third-order valence-corrected chi connectivity index (χ3v) is 8.01. The van der Waals surface area contributed by atoms with Crippen LogP contribution >= 0.6 is 11.6 Å². The zero-order chi connectivity index (χ0) is 24.6. The van der Waals surface area contributed by atoms with E-state index in [1.165, 1.54) is 26.8 Å². The number of fused-ring (bicyclic) bond motifs is 1. The number of amides is 3. The van der Waals surface area contributed by atoms with Gasteiger partial charge in [0.15, 0.2) is 0 Å². The lowest BCUT2D eigenvalue weighted by Crippen LogP contribution is -2.55. The number of rotatable bonds is 5.